The van der Waals surface area contributed by atoms with Crippen LogP contribution < -0.4 is 11.3 Å². The largest absolute Gasteiger partial charge is 0.417 e. The van der Waals surface area contributed by atoms with Crippen LogP contribution in [0.5, 0.6) is 0 Å². The lowest BCUT2D eigenvalue weighted by atomic mass is 9.84. The second kappa shape index (κ2) is 7.98. The van der Waals surface area contributed by atoms with Crippen molar-refractivity contribution in [3.05, 3.63) is 69.8 Å². The van der Waals surface area contributed by atoms with Gasteiger partial charge in [-0.1, -0.05) is 19.9 Å². The van der Waals surface area contributed by atoms with E-state index < -0.39 is 28.6 Å². The Kier molecular flexibility index (Phi) is 5.71. The first-order valence-electron chi connectivity index (χ1n) is 9.40. The van der Waals surface area contributed by atoms with E-state index in [1.807, 2.05) is 0 Å². The molecule has 3 N–H and O–H groups in total. The number of pyridine rings is 1. The molecule has 3 rings (SSSR count). The molecule has 0 radical (unpaired) electrons. The molecule has 0 saturated heterocycles. The van der Waals surface area contributed by atoms with Crippen molar-refractivity contribution in [2.45, 2.75) is 33.4 Å². The number of nitrogens with one attached hydrogen (secondary N) is 1. The number of carbonyl (C=O) groups is 1. The van der Waals surface area contributed by atoms with Gasteiger partial charge in [-0.05, 0) is 42.7 Å². The van der Waals surface area contributed by atoms with Crippen molar-refractivity contribution >= 4 is 5.91 Å². The van der Waals surface area contributed by atoms with E-state index in [4.69, 9.17) is 5.73 Å². The van der Waals surface area contributed by atoms with Crippen molar-refractivity contribution < 1.29 is 18.0 Å². The van der Waals surface area contributed by atoms with E-state index in [1.165, 1.54) is 24.4 Å². The van der Waals surface area contributed by atoms with Gasteiger partial charge in [0.2, 0.25) is 5.91 Å². The van der Waals surface area contributed by atoms with Gasteiger partial charge in [-0.25, -0.2) is 4.98 Å². The van der Waals surface area contributed by atoms with E-state index in [9.17, 15) is 22.8 Å². The summed E-state index contributed by atoms with van der Waals surface area (Å²) in [7, 11) is 0. The Balaban J connectivity index is 2.19. The third-order valence-electron chi connectivity index (χ3n) is 4.87. The van der Waals surface area contributed by atoms with E-state index in [1.54, 1.807) is 33.0 Å². The molecule has 0 spiro atoms. The molecular formula is C22H21F3N4O2. The molecule has 2 aromatic heterocycles. The Morgan fingerprint density at radius 1 is 1.13 bits per heavy atom. The lowest BCUT2D eigenvalue weighted by Crippen LogP contribution is -2.33. The minimum Gasteiger partial charge on any atom is -0.369 e. The normalized spacial score (nSPS) is 12.1. The lowest BCUT2D eigenvalue weighted by Gasteiger charge is -2.21. The summed E-state index contributed by atoms with van der Waals surface area (Å²) in [5.41, 5.74) is 4.57. The lowest BCUT2D eigenvalue weighted by molar-refractivity contribution is -0.137. The number of amides is 1. The van der Waals surface area contributed by atoms with Crippen LogP contribution in [0.2, 0.25) is 0 Å². The molecule has 0 aliphatic carbocycles. The number of aromatic amines is 1. The second-order valence-electron chi connectivity index (χ2n) is 8.03. The summed E-state index contributed by atoms with van der Waals surface area (Å²) in [4.78, 5) is 34.6. The highest BCUT2D eigenvalue weighted by Gasteiger charge is 2.35. The van der Waals surface area contributed by atoms with Crippen molar-refractivity contribution in [2.75, 3.05) is 0 Å². The number of primary amides is 1. The maximum Gasteiger partial charge on any atom is 0.417 e. The van der Waals surface area contributed by atoms with E-state index >= 15 is 0 Å². The minimum atomic E-state index is -4.67. The summed E-state index contributed by atoms with van der Waals surface area (Å²) in [5.74, 6) is -0.801. The predicted octanol–water partition coefficient (Wildman–Crippen LogP) is 3.88. The number of rotatable bonds is 5. The third kappa shape index (κ3) is 4.99. The van der Waals surface area contributed by atoms with Gasteiger partial charge in [0.15, 0.2) is 0 Å². The fraction of sp³-hybridized carbons (Fsp3) is 0.273. The quantitative estimate of drug-likeness (QED) is 0.641. The summed E-state index contributed by atoms with van der Waals surface area (Å²) >= 11 is 0. The van der Waals surface area contributed by atoms with Crippen LogP contribution in [0.4, 0.5) is 13.2 Å². The number of hydrogen-bond donors (Lipinski definition) is 2. The summed E-state index contributed by atoms with van der Waals surface area (Å²) in [6, 6.07) is 6.43. The van der Waals surface area contributed by atoms with Crippen LogP contribution in [0.15, 0.2) is 47.5 Å². The number of H-pyrrole nitrogens is 1. The Morgan fingerprint density at radius 2 is 1.84 bits per heavy atom. The van der Waals surface area contributed by atoms with Crippen LogP contribution in [-0.4, -0.2) is 20.9 Å². The van der Waals surface area contributed by atoms with Crippen LogP contribution in [-0.2, 0) is 17.4 Å². The van der Waals surface area contributed by atoms with E-state index in [-0.39, 0.29) is 23.5 Å². The number of halogens is 3. The fourth-order valence-corrected chi connectivity index (χ4v) is 3.17. The monoisotopic (exact) mass is 430 g/mol. The SMILES string of the molecule is Cc1cncc(-c2cc(=O)[nH]c(-c3cc(CC(C)(C)C(N)=O)ccc3C(F)(F)F)n2)c1. The molecule has 0 fully saturated rings. The molecule has 0 unspecified atom stereocenters. The van der Waals surface area contributed by atoms with Gasteiger partial charge in [-0.15, -0.1) is 0 Å². The number of nitrogens with zero attached hydrogens (tertiary/aromatic N) is 2. The van der Waals surface area contributed by atoms with E-state index in [0.29, 0.717) is 11.1 Å². The van der Waals surface area contributed by atoms with E-state index in [0.717, 1.165) is 11.6 Å². The second-order valence-corrected chi connectivity index (χ2v) is 8.03. The first kappa shape index (κ1) is 22.2. The molecule has 2 heterocycles. The van der Waals surface area contributed by atoms with E-state index in [2.05, 4.69) is 15.0 Å². The number of aryl methyl sites for hydroxylation is 1. The van der Waals surface area contributed by atoms with Crippen molar-refractivity contribution in [1.29, 1.82) is 0 Å². The smallest absolute Gasteiger partial charge is 0.369 e. The van der Waals surface area contributed by atoms with Crippen molar-refractivity contribution in [3.63, 3.8) is 0 Å². The minimum absolute atomic E-state index is 0.124. The third-order valence-corrected chi connectivity index (χ3v) is 4.87. The van der Waals surface area contributed by atoms with Crippen LogP contribution in [0, 0.1) is 12.3 Å². The molecule has 0 saturated carbocycles. The van der Waals surface area contributed by atoms with Crippen LogP contribution >= 0.6 is 0 Å². The zero-order valence-corrected chi connectivity index (χ0v) is 17.2. The number of benzene rings is 1. The van der Waals surface area contributed by atoms with Gasteiger partial charge in [-0.2, -0.15) is 13.2 Å². The number of hydrogen-bond acceptors (Lipinski definition) is 4. The zero-order chi connectivity index (χ0) is 23.0. The van der Waals surface area contributed by atoms with Gasteiger partial charge in [0.25, 0.3) is 5.56 Å². The highest BCUT2D eigenvalue weighted by Crippen LogP contribution is 2.37. The van der Waals surface area contributed by atoms with Gasteiger partial charge in [0.05, 0.1) is 11.3 Å². The zero-order valence-electron chi connectivity index (χ0n) is 17.2. The molecular weight excluding hydrogens is 409 g/mol. The summed E-state index contributed by atoms with van der Waals surface area (Å²) in [6.07, 6.45) is -1.45. The molecule has 31 heavy (non-hydrogen) atoms. The topological polar surface area (TPSA) is 102 Å². The highest BCUT2D eigenvalue weighted by molar-refractivity contribution is 5.80. The Bertz CT molecular complexity index is 1200. The summed E-state index contributed by atoms with van der Waals surface area (Å²) in [6.45, 7) is 5.02. The number of aromatic nitrogens is 3. The van der Waals surface area contributed by atoms with Gasteiger partial charge in [0, 0.05) is 35.0 Å². The van der Waals surface area contributed by atoms with Crippen LogP contribution in [0.1, 0.15) is 30.5 Å². The fourth-order valence-electron chi connectivity index (χ4n) is 3.17. The molecule has 6 nitrogen and oxygen atoms in total. The van der Waals surface area contributed by atoms with Crippen molar-refractivity contribution in [3.8, 4) is 22.6 Å². The Hall–Kier alpha value is -3.49. The molecule has 0 atom stereocenters. The molecule has 162 valence electrons. The molecule has 0 aliphatic heterocycles. The molecule has 9 heteroatoms. The Labute approximate surface area is 176 Å². The van der Waals surface area contributed by atoms with Crippen LogP contribution in [0.25, 0.3) is 22.6 Å². The van der Waals surface area contributed by atoms with Gasteiger partial charge in [0.1, 0.15) is 5.82 Å². The maximum atomic E-state index is 13.7. The van der Waals surface area contributed by atoms with Gasteiger partial charge < -0.3 is 10.7 Å². The molecule has 1 amide bonds. The summed E-state index contributed by atoms with van der Waals surface area (Å²) < 4.78 is 41.1. The van der Waals surface area contributed by atoms with Crippen molar-refractivity contribution in [2.24, 2.45) is 11.1 Å². The molecule has 1 aromatic carbocycles. The average molecular weight is 430 g/mol. The highest BCUT2D eigenvalue weighted by atomic mass is 19.4. The number of alkyl halides is 3. The van der Waals surface area contributed by atoms with Crippen LogP contribution in [0.3, 0.4) is 0 Å². The average Bonchev–Trinajstić information content (AvgIpc) is 2.66. The standard InChI is InChI=1S/C22H21F3N4O2/c1-12-6-14(11-27-10-12)17-8-18(30)29-19(28-17)15-7-13(9-21(2,3)20(26)31)4-5-16(15)22(23,24)25/h4-8,10-11H,9H2,1-3H3,(H2,26,31)(H,28,29,30). The van der Waals surface area contributed by atoms with Gasteiger partial charge in [-0.3, -0.25) is 14.6 Å². The van der Waals surface area contributed by atoms with Crippen molar-refractivity contribution in [1.82, 2.24) is 15.0 Å². The number of carbonyl (C=O) groups excluding carboxylic acids is 1. The predicted molar refractivity (Wildman–Crippen MR) is 110 cm³/mol. The first-order valence-corrected chi connectivity index (χ1v) is 9.40. The Morgan fingerprint density at radius 3 is 2.45 bits per heavy atom. The van der Waals surface area contributed by atoms with Gasteiger partial charge >= 0.3 is 6.18 Å². The maximum absolute atomic E-state index is 13.7. The first-order chi connectivity index (χ1) is 14.4. The summed E-state index contributed by atoms with van der Waals surface area (Å²) in [5, 5.41) is 0. The molecule has 0 aliphatic rings. The molecule has 0 bridgehead atoms. The number of nitrogens with two attached hydrogens (primary N) is 1. The molecule has 3 aromatic rings.